The quantitative estimate of drug-likeness (QED) is 0.198. The first-order valence-electron chi connectivity index (χ1n) is 13.8. The van der Waals surface area contributed by atoms with E-state index in [0.29, 0.717) is 17.6 Å². The summed E-state index contributed by atoms with van der Waals surface area (Å²) in [5, 5.41) is 0.0859. The highest BCUT2D eigenvalue weighted by atomic mass is 32.2. The molecule has 2 aromatic carbocycles. The van der Waals surface area contributed by atoms with E-state index in [1.54, 1.807) is 11.8 Å². The van der Waals surface area contributed by atoms with Gasteiger partial charge in [0.05, 0.1) is 0 Å². The lowest BCUT2D eigenvalue weighted by Crippen LogP contribution is -2.61. The lowest BCUT2D eigenvalue weighted by molar-refractivity contribution is -0.155. The minimum atomic E-state index is -0.621. The van der Waals surface area contributed by atoms with E-state index < -0.39 is 5.60 Å². The first kappa shape index (κ1) is 27.1. The van der Waals surface area contributed by atoms with Crippen molar-refractivity contribution in [3.63, 3.8) is 0 Å². The Morgan fingerprint density at radius 1 is 1.13 bits per heavy atom. The average Bonchev–Trinajstić information content (AvgIpc) is 3.14. The van der Waals surface area contributed by atoms with Crippen LogP contribution in [0.25, 0.3) is 0 Å². The predicted octanol–water partition coefficient (Wildman–Crippen LogP) is 7.48. The average molecular weight is 537 g/mol. The van der Waals surface area contributed by atoms with Gasteiger partial charge in [-0.3, -0.25) is 9.59 Å². The van der Waals surface area contributed by atoms with Crippen molar-refractivity contribution < 1.29 is 23.8 Å². The molecule has 2 aliphatic carbocycles. The zero-order valence-corrected chi connectivity index (χ0v) is 24.4. The van der Waals surface area contributed by atoms with Gasteiger partial charge in [-0.05, 0) is 94.5 Å². The van der Waals surface area contributed by atoms with E-state index in [2.05, 4.69) is 32.0 Å². The number of thioether (sulfide) groups is 1. The van der Waals surface area contributed by atoms with Crippen molar-refractivity contribution in [2.24, 2.45) is 17.3 Å². The Balaban J connectivity index is 1.49. The van der Waals surface area contributed by atoms with Crippen molar-refractivity contribution >= 4 is 23.7 Å². The molecule has 6 heteroatoms. The van der Waals surface area contributed by atoms with Gasteiger partial charge in [-0.15, -0.1) is 11.8 Å². The van der Waals surface area contributed by atoms with Gasteiger partial charge in [0.1, 0.15) is 22.7 Å². The van der Waals surface area contributed by atoms with E-state index in [4.69, 9.17) is 14.2 Å². The lowest BCUT2D eigenvalue weighted by Gasteiger charge is -2.64. The molecule has 6 atom stereocenters. The van der Waals surface area contributed by atoms with E-state index in [-0.39, 0.29) is 34.1 Å². The molecule has 2 saturated carbocycles. The number of ether oxygens (including phenoxy) is 3. The Labute approximate surface area is 231 Å². The molecule has 0 saturated heterocycles. The molecule has 0 aromatic heterocycles. The van der Waals surface area contributed by atoms with Crippen LogP contribution < -0.4 is 9.47 Å². The molecule has 0 amide bonds. The third-order valence-corrected chi connectivity index (χ3v) is 10.9. The molecule has 1 unspecified atom stereocenters. The normalized spacial score (nSPS) is 29.8. The monoisotopic (exact) mass is 536 g/mol. The Morgan fingerprint density at radius 3 is 2.50 bits per heavy atom. The molecule has 5 nitrogen and oxygen atoms in total. The van der Waals surface area contributed by atoms with Crippen molar-refractivity contribution in [3.05, 3.63) is 53.6 Å². The molecule has 1 aliphatic heterocycles. The molecule has 0 radical (unpaired) electrons. The molecule has 0 N–H and O–H groups in total. The molecule has 2 fully saturated rings. The van der Waals surface area contributed by atoms with Gasteiger partial charge in [0.2, 0.25) is 0 Å². The smallest absolute Gasteiger partial charge is 0.308 e. The molecule has 5 rings (SSSR count). The highest BCUT2D eigenvalue weighted by Crippen LogP contribution is 2.75. The van der Waals surface area contributed by atoms with E-state index in [1.165, 1.54) is 18.7 Å². The Hall–Kier alpha value is -2.47. The van der Waals surface area contributed by atoms with Crippen molar-refractivity contribution in [2.45, 2.75) is 101 Å². The summed E-state index contributed by atoms with van der Waals surface area (Å²) in [6, 6.07) is 14.4. The number of benzene rings is 2. The summed E-state index contributed by atoms with van der Waals surface area (Å²) in [6.45, 7) is 13.7. The minimum Gasteiger partial charge on any atom is -0.487 e. The number of hydrogen-bond donors (Lipinski definition) is 0. The van der Waals surface area contributed by atoms with Crippen LogP contribution in [0.5, 0.6) is 11.5 Å². The molecule has 0 bridgehead atoms. The number of carbonyl (C=O) groups excluding carboxylic acids is 2. The number of aryl methyl sites for hydroxylation is 1. The summed E-state index contributed by atoms with van der Waals surface area (Å²) in [4.78, 5) is 25.3. The highest BCUT2D eigenvalue weighted by Gasteiger charge is 2.71. The van der Waals surface area contributed by atoms with Crippen LogP contribution in [-0.2, 0) is 14.3 Å². The zero-order valence-electron chi connectivity index (χ0n) is 23.6. The largest absolute Gasteiger partial charge is 0.487 e. The molecule has 38 heavy (non-hydrogen) atoms. The second-order valence-electron chi connectivity index (χ2n) is 12.5. The number of carbonyl (C=O) groups is 2. The summed E-state index contributed by atoms with van der Waals surface area (Å²) < 4.78 is 18.3. The van der Waals surface area contributed by atoms with E-state index >= 15 is 0 Å². The minimum absolute atomic E-state index is 0.0207. The zero-order chi connectivity index (χ0) is 27.5. The first-order chi connectivity index (χ1) is 17.8. The highest BCUT2D eigenvalue weighted by molar-refractivity contribution is 8.00. The van der Waals surface area contributed by atoms with Crippen molar-refractivity contribution in [2.75, 3.05) is 0 Å². The Bertz CT molecular complexity index is 1240. The Morgan fingerprint density at radius 2 is 1.84 bits per heavy atom. The molecular formula is C32H40O5S. The number of hydrogen-bond acceptors (Lipinski definition) is 6. The maximum atomic E-state index is 12.1. The summed E-state index contributed by atoms with van der Waals surface area (Å²) >= 11 is 1.79. The number of esters is 2. The fourth-order valence-electron chi connectivity index (χ4n) is 7.73. The SMILES string of the molecule is CC(=O)Oc1cc(C)cc2c1[C@@H]1[C@H]3[C@H](CC[C@@]3(C)O2)[C@]1(C)CCC(Sc1ccccc1)C(C)(C)OC(C)=O. The summed E-state index contributed by atoms with van der Waals surface area (Å²) in [5.41, 5.74) is 1.29. The van der Waals surface area contributed by atoms with Crippen LogP contribution in [0.2, 0.25) is 0 Å². The van der Waals surface area contributed by atoms with Gasteiger partial charge in [0, 0.05) is 41.4 Å². The van der Waals surface area contributed by atoms with Crippen molar-refractivity contribution in [1.29, 1.82) is 0 Å². The van der Waals surface area contributed by atoms with Gasteiger partial charge in [-0.1, -0.05) is 25.1 Å². The summed E-state index contributed by atoms with van der Waals surface area (Å²) in [5.74, 6) is 2.14. The van der Waals surface area contributed by atoms with Gasteiger partial charge in [0.15, 0.2) is 0 Å². The first-order valence-corrected chi connectivity index (χ1v) is 14.7. The summed E-state index contributed by atoms with van der Waals surface area (Å²) in [6.07, 6.45) is 4.05. The number of rotatable bonds is 8. The van der Waals surface area contributed by atoms with Gasteiger partial charge < -0.3 is 14.2 Å². The standard InChI is InChI=1S/C32H40O5S/c1-19-17-24(35-20(2)33)27-25(18-19)37-32(7)16-13-23-28(32)29(27)31(23,6)15-14-26(30(4,5)36-21(3)34)38-22-11-9-8-10-12-22/h8-12,17-18,23,26,28-29H,13-16H2,1-7H3/t23-,26?,28+,29+,31-,32+/m0/s1. The van der Waals surface area contributed by atoms with Gasteiger partial charge in [-0.2, -0.15) is 0 Å². The van der Waals surface area contributed by atoms with Crippen LogP contribution in [0.3, 0.4) is 0 Å². The van der Waals surface area contributed by atoms with Gasteiger partial charge in [0.25, 0.3) is 0 Å². The van der Waals surface area contributed by atoms with Crippen LogP contribution in [0.4, 0.5) is 0 Å². The van der Waals surface area contributed by atoms with Gasteiger partial charge in [-0.25, -0.2) is 0 Å². The van der Waals surface area contributed by atoms with Crippen molar-refractivity contribution in [1.82, 2.24) is 0 Å². The molecule has 1 heterocycles. The second-order valence-corrected chi connectivity index (χ2v) is 13.8. The Kier molecular flexibility index (Phi) is 6.86. The van der Waals surface area contributed by atoms with Crippen molar-refractivity contribution in [3.8, 4) is 11.5 Å². The van der Waals surface area contributed by atoms with Crippen LogP contribution in [0.15, 0.2) is 47.4 Å². The van der Waals surface area contributed by atoms with E-state index in [1.807, 2.05) is 45.0 Å². The third-order valence-electron chi connectivity index (χ3n) is 9.31. The maximum Gasteiger partial charge on any atom is 0.308 e. The molecule has 0 spiro atoms. The second kappa shape index (κ2) is 9.62. The topological polar surface area (TPSA) is 61.8 Å². The van der Waals surface area contributed by atoms with Crippen LogP contribution in [-0.4, -0.2) is 28.4 Å². The number of fused-ring (bicyclic) bond motifs is 2. The fraction of sp³-hybridized carbons (Fsp3) is 0.562. The van der Waals surface area contributed by atoms with Gasteiger partial charge >= 0.3 is 11.9 Å². The summed E-state index contributed by atoms with van der Waals surface area (Å²) in [7, 11) is 0. The fourth-order valence-corrected chi connectivity index (χ4v) is 8.94. The molecular weight excluding hydrogens is 496 g/mol. The van der Waals surface area contributed by atoms with Crippen LogP contribution >= 0.6 is 11.8 Å². The third kappa shape index (κ3) is 4.63. The molecule has 204 valence electrons. The lowest BCUT2D eigenvalue weighted by atomic mass is 9.43. The van der Waals surface area contributed by atoms with E-state index in [0.717, 1.165) is 42.6 Å². The van der Waals surface area contributed by atoms with Crippen LogP contribution in [0, 0.1) is 24.2 Å². The van der Waals surface area contributed by atoms with E-state index in [9.17, 15) is 9.59 Å². The maximum absolute atomic E-state index is 12.1. The molecule has 2 aromatic rings. The predicted molar refractivity (Wildman–Crippen MR) is 150 cm³/mol. The van der Waals surface area contributed by atoms with Crippen LogP contribution in [0.1, 0.15) is 84.3 Å². The molecule has 3 aliphatic rings.